The first-order valence-corrected chi connectivity index (χ1v) is 4.11. The Balaban J connectivity index is 3.97. The smallest absolute Gasteiger partial charge is 0.132 e. The van der Waals surface area contributed by atoms with Gasteiger partial charge in [-0.1, -0.05) is 0 Å². The van der Waals surface area contributed by atoms with E-state index in [0.717, 1.165) is 0 Å². The van der Waals surface area contributed by atoms with E-state index in [1.54, 1.807) is 7.05 Å². The molecule has 0 spiro atoms. The van der Waals surface area contributed by atoms with Gasteiger partial charge >= 0.3 is 0 Å². The summed E-state index contributed by atoms with van der Waals surface area (Å²) >= 11 is 0. The van der Waals surface area contributed by atoms with E-state index in [0.29, 0.717) is 0 Å². The first kappa shape index (κ1) is 12.8. The topological polar surface area (TPSA) is 105 Å². The minimum atomic E-state index is -1.14. The molecule has 0 saturated heterocycles. The Morgan fingerprint density at radius 1 is 1.23 bits per heavy atom. The third kappa shape index (κ3) is 4.51. The Labute approximate surface area is 77.2 Å². The van der Waals surface area contributed by atoms with Gasteiger partial charge in [-0.2, -0.15) is 0 Å². The normalized spacial score (nSPS) is 20.8. The Kier molecular flexibility index (Phi) is 6.13. The molecule has 0 aromatic rings. The number of rotatable bonds is 6. The van der Waals surface area contributed by atoms with Crippen LogP contribution < -0.4 is 10.6 Å². The molecule has 0 rings (SSSR count). The second-order valence-electron chi connectivity index (χ2n) is 2.87. The summed E-state index contributed by atoms with van der Waals surface area (Å²) in [5.41, 5.74) is 0. The van der Waals surface area contributed by atoms with E-state index in [4.69, 9.17) is 10.2 Å². The highest BCUT2D eigenvalue weighted by molar-refractivity contribution is 4.74. The first-order chi connectivity index (χ1) is 6.02. The summed E-state index contributed by atoms with van der Waals surface area (Å²) in [6.07, 6.45) is -3.77. The van der Waals surface area contributed by atoms with Crippen molar-refractivity contribution in [2.75, 3.05) is 13.7 Å². The molecular weight excluding hydrogens is 176 g/mol. The summed E-state index contributed by atoms with van der Waals surface area (Å²) in [4.78, 5) is 0. The van der Waals surface area contributed by atoms with Gasteiger partial charge in [0.05, 0.1) is 18.9 Å². The van der Waals surface area contributed by atoms with Crippen LogP contribution in [-0.4, -0.2) is 58.7 Å². The van der Waals surface area contributed by atoms with Crippen LogP contribution in [0.2, 0.25) is 0 Å². The Hall–Kier alpha value is -0.240. The highest BCUT2D eigenvalue weighted by Crippen LogP contribution is 1.93. The van der Waals surface area contributed by atoms with Gasteiger partial charge in [-0.25, -0.2) is 0 Å². The lowest BCUT2D eigenvalue weighted by Crippen LogP contribution is -2.56. The summed E-state index contributed by atoms with van der Waals surface area (Å²) < 4.78 is 0. The summed E-state index contributed by atoms with van der Waals surface area (Å²) in [5.74, 6) is 0. The van der Waals surface area contributed by atoms with Gasteiger partial charge < -0.3 is 25.7 Å². The SMILES string of the molecule is CNC(NC(O)C(C)O)C(O)CO. The molecule has 6 heteroatoms. The monoisotopic (exact) mass is 194 g/mol. The number of aliphatic hydroxyl groups is 4. The van der Waals surface area contributed by atoms with E-state index in [2.05, 4.69) is 10.6 Å². The third-order valence-electron chi connectivity index (χ3n) is 1.69. The minimum Gasteiger partial charge on any atom is -0.394 e. The van der Waals surface area contributed by atoms with Crippen molar-refractivity contribution in [3.05, 3.63) is 0 Å². The fraction of sp³-hybridized carbons (Fsp3) is 1.00. The molecule has 0 radical (unpaired) electrons. The molecular formula is C7H18N2O4. The van der Waals surface area contributed by atoms with Gasteiger partial charge in [-0.3, -0.25) is 5.32 Å². The molecule has 0 aliphatic rings. The molecule has 0 aliphatic heterocycles. The fourth-order valence-corrected chi connectivity index (χ4v) is 0.815. The Bertz CT molecular complexity index is 134. The van der Waals surface area contributed by atoms with Gasteiger partial charge in [0.25, 0.3) is 0 Å². The van der Waals surface area contributed by atoms with Gasteiger partial charge in [0.15, 0.2) is 0 Å². The van der Waals surface area contributed by atoms with Gasteiger partial charge in [-0.15, -0.1) is 0 Å². The molecule has 0 aromatic heterocycles. The average molecular weight is 194 g/mol. The zero-order valence-corrected chi connectivity index (χ0v) is 7.81. The number of hydrogen-bond acceptors (Lipinski definition) is 6. The molecule has 80 valence electrons. The molecule has 6 N–H and O–H groups in total. The lowest BCUT2D eigenvalue weighted by Gasteiger charge is -2.26. The van der Waals surface area contributed by atoms with Crippen LogP contribution in [0.25, 0.3) is 0 Å². The lowest BCUT2D eigenvalue weighted by molar-refractivity contribution is -0.0265. The molecule has 0 aromatic carbocycles. The predicted molar refractivity (Wildman–Crippen MR) is 46.8 cm³/mol. The highest BCUT2D eigenvalue weighted by Gasteiger charge is 2.21. The maximum absolute atomic E-state index is 9.18. The number of aliphatic hydroxyl groups excluding tert-OH is 4. The molecule has 0 aliphatic carbocycles. The van der Waals surface area contributed by atoms with Crippen molar-refractivity contribution in [1.82, 2.24) is 10.6 Å². The van der Waals surface area contributed by atoms with Crippen molar-refractivity contribution in [2.24, 2.45) is 0 Å². The molecule has 4 unspecified atom stereocenters. The molecule has 0 bridgehead atoms. The molecule has 0 fully saturated rings. The number of nitrogens with one attached hydrogen (secondary N) is 2. The van der Waals surface area contributed by atoms with Crippen LogP contribution in [0.1, 0.15) is 6.92 Å². The molecule has 4 atom stereocenters. The van der Waals surface area contributed by atoms with Gasteiger partial charge in [-0.05, 0) is 14.0 Å². The Morgan fingerprint density at radius 3 is 2.08 bits per heavy atom. The van der Waals surface area contributed by atoms with Crippen LogP contribution in [-0.2, 0) is 0 Å². The maximum atomic E-state index is 9.18. The third-order valence-corrected chi connectivity index (χ3v) is 1.69. The lowest BCUT2D eigenvalue weighted by atomic mass is 10.2. The zero-order valence-electron chi connectivity index (χ0n) is 7.81. The van der Waals surface area contributed by atoms with Crippen LogP contribution in [0.3, 0.4) is 0 Å². The molecule has 6 nitrogen and oxygen atoms in total. The van der Waals surface area contributed by atoms with Crippen molar-refractivity contribution in [3.8, 4) is 0 Å². The summed E-state index contributed by atoms with van der Waals surface area (Å²) in [7, 11) is 1.56. The fourth-order valence-electron chi connectivity index (χ4n) is 0.815. The molecule has 0 amide bonds. The van der Waals surface area contributed by atoms with Crippen molar-refractivity contribution in [3.63, 3.8) is 0 Å². The second-order valence-corrected chi connectivity index (χ2v) is 2.87. The van der Waals surface area contributed by atoms with Gasteiger partial charge in [0, 0.05) is 0 Å². The van der Waals surface area contributed by atoms with Crippen LogP contribution in [0.4, 0.5) is 0 Å². The van der Waals surface area contributed by atoms with Crippen molar-refractivity contribution in [1.29, 1.82) is 0 Å². The predicted octanol–water partition coefficient (Wildman–Crippen LogP) is -2.83. The second kappa shape index (κ2) is 6.25. The molecule has 0 saturated carbocycles. The van der Waals surface area contributed by atoms with Crippen molar-refractivity contribution >= 4 is 0 Å². The van der Waals surface area contributed by atoms with E-state index in [1.807, 2.05) is 0 Å². The standard InChI is InChI=1S/C7H18N2O4/c1-4(11)7(13)9-6(8-2)5(12)3-10/h4-13H,3H2,1-2H3. The van der Waals surface area contributed by atoms with E-state index in [1.165, 1.54) is 6.92 Å². The van der Waals surface area contributed by atoms with E-state index >= 15 is 0 Å². The number of hydrogen-bond donors (Lipinski definition) is 6. The molecule has 0 heterocycles. The van der Waals surface area contributed by atoms with E-state index in [-0.39, 0.29) is 0 Å². The first-order valence-electron chi connectivity index (χ1n) is 4.11. The van der Waals surface area contributed by atoms with E-state index in [9.17, 15) is 10.2 Å². The Morgan fingerprint density at radius 2 is 1.77 bits per heavy atom. The molecule has 13 heavy (non-hydrogen) atoms. The van der Waals surface area contributed by atoms with Crippen molar-refractivity contribution in [2.45, 2.75) is 31.5 Å². The van der Waals surface area contributed by atoms with E-state index < -0.39 is 31.2 Å². The maximum Gasteiger partial charge on any atom is 0.132 e. The van der Waals surface area contributed by atoms with Crippen molar-refractivity contribution < 1.29 is 20.4 Å². The average Bonchev–Trinajstić information content (AvgIpc) is 2.12. The summed E-state index contributed by atoms with van der Waals surface area (Å²) in [6, 6.07) is 0. The highest BCUT2D eigenvalue weighted by atomic mass is 16.3. The van der Waals surface area contributed by atoms with Crippen LogP contribution >= 0.6 is 0 Å². The van der Waals surface area contributed by atoms with Gasteiger partial charge in [0.1, 0.15) is 12.3 Å². The quantitative estimate of drug-likeness (QED) is 0.255. The summed E-state index contributed by atoms with van der Waals surface area (Å²) in [5, 5.41) is 41.1. The summed E-state index contributed by atoms with van der Waals surface area (Å²) in [6.45, 7) is 0.987. The van der Waals surface area contributed by atoms with Crippen LogP contribution in [0.5, 0.6) is 0 Å². The largest absolute Gasteiger partial charge is 0.394 e. The van der Waals surface area contributed by atoms with Crippen LogP contribution in [0, 0.1) is 0 Å². The zero-order chi connectivity index (χ0) is 10.4. The van der Waals surface area contributed by atoms with Gasteiger partial charge in [0.2, 0.25) is 0 Å². The van der Waals surface area contributed by atoms with Crippen LogP contribution in [0.15, 0.2) is 0 Å². The number of likely N-dealkylation sites (N-methyl/N-ethyl adjacent to an activating group) is 1. The minimum absolute atomic E-state index is 0.426.